The summed E-state index contributed by atoms with van der Waals surface area (Å²) in [5, 5.41) is 3.26. The number of carbonyl (C=O) groups is 2. The zero-order valence-electron chi connectivity index (χ0n) is 18.8. The number of nitrogens with one attached hydrogen (secondary N) is 1. The van der Waals surface area contributed by atoms with Crippen molar-refractivity contribution in [3.05, 3.63) is 66.0 Å². The molecule has 32 heavy (non-hydrogen) atoms. The van der Waals surface area contributed by atoms with Gasteiger partial charge in [0.05, 0.1) is 17.6 Å². The van der Waals surface area contributed by atoms with Crippen molar-refractivity contribution in [2.75, 3.05) is 6.54 Å². The van der Waals surface area contributed by atoms with Gasteiger partial charge in [0, 0.05) is 12.6 Å². The van der Waals surface area contributed by atoms with Gasteiger partial charge in [-0.25, -0.2) is 4.98 Å². The first-order chi connectivity index (χ1) is 15.5. The van der Waals surface area contributed by atoms with Gasteiger partial charge in [0.25, 0.3) is 5.91 Å². The lowest BCUT2D eigenvalue weighted by molar-refractivity contribution is -0.133. The van der Waals surface area contributed by atoms with Crippen LogP contribution in [0.25, 0.3) is 11.0 Å². The van der Waals surface area contributed by atoms with E-state index >= 15 is 0 Å². The Bertz CT molecular complexity index is 1150. The van der Waals surface area contributed by atoms with E-state index in [1.165, 1.54) is 0 Å². The zero-order valence-corrected chi connectivity index (χ0v) is 18.8. The van der Waals surface area contributed by atoms with Crippen molar-refractivity contribution < 1.29 is 9.59 Å². The van der Waals surface area contributed by atoms with Crippen molar-refractivity contribution in [2.24, 2.45) is 0 Å². The van der Waals surface area contributed by atoms with Crippen LogP contribution in [0.2, 0.25) is 0 Å². The van der Waals surface area contributed by atoms with Crippen LogP contribution in [0, 0.1) is 0 Å². The summed E-state index contributed by atoms with van der Waals surface area (Å²) in [6.45, 7) is 4.87. The lowest BCUT2D eigenvalue weighted by atomic mass is 9.91. The van der Waals surface area contributed by atoms with Crippen LogP contribution in [0.1, 0.15) is 61.6 Å². The number of hydrogen-bond donors (Lipinski definition) is 1. The molecule has 0 spiro atoms. The Morgan fingerprint density at radius 2 is 1.81 bits per heavy atom. The average molecular weight is 431 g/mol. The average Bonchev–Trinajstić information content (AvgIpc) is 3.45. The normalized spacial score (nSPS) is 22.2. The van der Waals surface area contributed by atoms with Gasteiger partial charge in [-0.2, -0.15) is 0 Å². The first-order valence-electron chi connectivity index (χ1n) is 11.6. The van der Waals surface area contributed by atoms with Crippen LogP contribution in [-0.4, -0.2) is 44.4 Å². The number of aromatic nitrogens is 2. The Morgan fingerprint density at radius 3 is 2.56 bits per heavy atom. The SMILES string of the molecule is C[C@@H](CN1C(=O)c2nc3ccccc3n2C[C@]1(C)C(=O)NC1CCCC1)c1ccccc1. The summed E-state index contributed by atoms with van der Waals surface area (Å²) in [5.74, 6) is 0.257. The minimum Gasteiger partial charge on any atom is -0.351 e. The van der Waals surface area contributed by atoms with Crippen LogP contribution in [0.5, 0.6) is 0 Å². The molecule has 2 amide bonds. The fourth-order valence-corrected chi connectivity index (χ4v) is 5.19. The molecule has 0 unspecified atom stereocenters. The molecule has 1 N–H and O–H groups in total. The maximum Gasteiger partial charge on any atom is 0.290 e. The molecule has 2 atom stereocenters. The molecule has 2 aliphatic rings. The molecular weight excluding hydrogens is 400 g/mol. The molecule has 1 saturated carbocycles. The topological polar surface area (TPSA) is 67.2 Å². The summed E-state index contributed by atoms with van der Waals surface area (Å²) < 4.78 is 1.93. The number of carbonyl (C=O) groups excluding carboxylic acids is 2. The highest BCUT2D eigenvalue weighted by atomic mass is 16.2. The Hall–Kier alpha value is -3.15. The highest BCUT2D eigenvalue weighted by Crippen LogP contribution is 2.33. The minimum atomic E-state index is -0.987. The molecule has 3 aromatic rings. The van der Waals surface area contributed by atoms with Crippen molar-refractivity contribution in [2.45, 2.75) is 63.6 Å². The van der Waals surface area contributed by atoms with Gasteiger partial charge in [0.2, 0.25) is 5.91 Å². The summed E-state index contributed by atoms with van der Waals surface area (Å²) in [5.41, 5.74) is 1.84. The third-order valence-corrected chi connectivity index (χ3v) is 7.16. The van der Waals surface area contributed by atoms with Gasteiger partial charge >= 0.3 is 0 Å². The van der Waals surface area contributed by atoms with Crippen LogP contribution in [0.3, 0.4) is 0 Å². The third kappa shape index (κ3) is 3.48. The first-order valence-corrected chi connectivity index (χ1v) is 11.6. The van der Waals surface area contributed by atoms with E-state index in [0.717, 1.165) is 42.3 Å². The van der Waals surface area contributed by atoms with E-state index in [2.05, 4.69) is 29.4 Å². The molecule has 0 bridgehead atoms. The second kappa shape index (κ2) is 8.08. The molecule has 6 nitrogen and oxygen atoms in total. The number of fused-ring (bicyclic) bond motifs is 3. The molecule has 1 aromatic heterocycles. The van der Waals surface area contributed by atoms with E-state index in [-0.39, 0.29) is 23.8 Å². The number of nitrogens with zero attached hydrogens (tertiary/aromatic N) is 3. The van der Waals surface area contributed by atoms with Crippen LogP contribution in [0.15, 0.2) is 54.6 Å². The molecule has 166 valence electrons. The van der Waals surface area contributed by atoms with Crippen LogP contribution in [0.4, 0.5) is 0 Å². The molecule has 0 saturated heterocycles. The van der Waals surface area contributed by atoms with E-state index in [0.29, 0.717) is 18.9 Å². The van der Waals surface area contributed by atoms with Gasteiger partial charge < -0.3 is 14.8 Å². The number of amides is 2. The third-order valence-electron chi connectivity index (χ3n) is 7.16. The van der Waals surface area contributed by atoms with E-state index in [1.54, 1.807) is 4.90 Å². The standard InChI is InChI=1S/C26H30N4O2/c1-18(19-10-4-3-5-11-19)16-30-24(31)23-28-21-14-8-9-15-22(21)29(23)17-26(30,2)25(32)27-20-12-6-7-13-20/h3-5,8-11,14-15,18,20H,6-7,12-13,16-17H2,1-2H3,(H,27,32)/t18-,26+/m0/s1. The minimum absolute atomic E-state index is 0.0681. The van der Waals surface area contributed by atoms with E-state index in [9.17, 15) is 9.59 Å². The Kier molecular flexibility index (Phi) is 5.24. The maximum absolute atomic E-state index is 13.8. The van der Waals surface area contributed by atoms with Gasteiger partial charge in [0.1, 0.15) is 5.54 Å². The summed E-state index contributed by atoms with van der Waals surface area (Å²) in [6, 6.07) is 18.1. The number of hydrogen-bond acceptors (Lipinski definition) is 3. The second-order valence-electron chi connectivity index (χ2n) is 9.47. The maximum atomic E-state index is 13.8. The highest BCUT2D eigenvalue weighted by molar-refractivity contribution is 6.01. The van der Waals surface area contributed by atoms with E-state index in [4.69, 9.17) is 0 Å². The molecule has 5 rings (SSSR count). The lowest BCUT2D eigenvalue weighted by Gasteiger charge is -2.45. The lowest BCUT2D eigenvalue weighted by Crippen LogP contribution is -2.65. The van der Waals surface area contributed by atoms with Gasteiger partial charge in [0.15, 0.2) is 5.82 Å². The molecule has 2 heterocycles. The smallest absolute Gasteiger partial charge is 0.290 e. The Labute approximate surface area is 188 Å². The number of imidazole rings is 1. The van der Waals surface area contributed by atoms with E-state index < -0.39 is 5.54 Å². The predicted octanol–water partition coefficient (Wildman–Crippen LogP) is 4.11. The van der Waals surface area contributed by atoms with Gasteiger partial charge in [-0.3, -0.25) is 9.59 Å². The fourth-order valence-electron chi connectivity index (χ4n) is 5.19. The molecule has 1 fully saturated rings. The molecule has 1 aliphatic heterocycles. The van der Waals surface area contributed by atoms with Gasteiger partial charge in [-0.05, 0) is 43.4 Å². The Morgan fingerprint density at radius 1 is 1.12 bits per heavy atom. The van der Waals surface area contributed by atoms with Crippen molar-refractivity contribution >= 4 is 22.8 Å². The van der Waals surface area contributed by atoms with Crippen LogP contribution < -0.4 is 5.32 Å². The number of rotatable bonds is 5. The van der Waals surface area contributed by atoms with Gasteiger partial charge in [-0.15, -0.1) is 0 Å². The first kappa shape index (κ1) is 20.7. The highest BCUT2D eigenvalue weighted by Gasteiger charge is 2.49. The summed E-state index contributed by atoms with van der Waals surface area (Å²) in [7, 11) is 0. The van der Waals surface area contributed by atoms with Gasteiger partial charge in [-0.1, -0.05) is 62.2 Å². The molecule has 1 aliphatic carbocycles. The monoisotopic (exact) mass is 430 g/mol. The van der Waals surface area contributed by atoms with Crippen molar-refractivity contribution in [3.63, 3.8) is 0 Å². The van der Waals surface area contributed by atoms with Crippen molar-refractivity contribution in [3.8, 4) is 0 Å². The van der Waals surface area contributed by atoms with Crippen molar-refractivity contribution in [1.29, 1.82) is 0 Å². The number of para-hydroxylation sites is 2. The zero-order chi connectivity index (χ0) is 22.3. The second-order valence-corrected chi connectivity index (χ2v) is 9.47. The summed E-state index contributed by atoms with van der Waals surface area (Å²) >= 11 is 0. The molecule has 6 heteroatoms. The number of benzene rings is 2. The summed E-state index contributed by atoms with van der Waals surface area (Å²) in [4.78, 5) is 33.8. The summed E-state index contributed by atoms with van der Waals surface area (Å²) in [6.07, 6.45) is 4.31. The van der Waals surface area contributed by atoms with Crippen LogP contribution in [-0.2, 0) is 11.3 Å². The van der Waals surface area contributed by atoms with E-state index in [1.807, 2.05) is 54.0 Å². The largest absolute Gasteiger partial charge is 0.351 e. The fraction of sp³-hybridized carbons (Fsp3) is 0.423. The van der Waals surface area contributed by atoms with Crippen molar-refractivity contribution in [1.82, 2.24) is 19.8 Å². The molecule has 0 radical (unpaired) electrons. The quantitative estimate of drug-likeness (QED) is 0.662. The molecule has 2 aromatic carbocycles. The van der Waals surface area contributed by atoms with Crippen LogP contribution >= 0.6 is 0 Å². The Balaban J connectivity index is 1.54. The molecular formula is C26H30N4O2. The predicted molar refractivity (Wildman–Crippen MR) is 124 cm³/mol.